The van der Waals surface area contributed by atoms with E-state index in [1.54, 1.807) is 0 Å². The number of rotatable bonds is 4. The number of nitrogens with two attached hydrogens (primary N) is 1. The predicted octanol–water partition coefficient (Wildman–Crippen LogP) is 3.58. The van der Waals surface area contributed by atoms with Gasteiger partial charge in [0.1, 0.15) is 5.82 Å². The number of hydrogen-bond acceptors (Lipinski definition) is 3. The molecule has 0 amide bonds. The monoisotopic (exact) mass is 269 g/mol. The van der Waals surface area contributed by atoms with Gasteiger partial charge in [-0.1, -0.05) is 30.3 Å². The molecule has 0 aliphatic heterocycles. The van der Waals surface area contributed by atoms with E-state index in [4.69, 9.17) is 5.73 Å². The van der Waals surface area contributed by atoms with Crippen molar-refractivity contribution >= 4 is 28.5 Å². The Balaban J connectivity index is 1.65. The number of imidazole rings is 1. The average Bonchev–Trinajstić information content (AvgIpc) is 2.82. The standard InChI is InChI=1S/C15H15N3S/c16-12-6-7-13-14(8-12)18-15(17-13)10-19-9-11-4-2-1-3-5-11/h1-8H,9-10,16H2,(H,17,18). The highest BCUT2D eigenvalue weighted by molar-refractivity contribution is 7.97. The van der Waals surface area contributed by atoms with E-state index in [1.165, 1.54) is 5.56 Å². The highest BCUT2D eigenvalue weighted by Crippen LogP contribution is 2.20. The van der Waals surface area contributed by atoms with E-state index in [-0.39, 0.29) is 0 Å². The maximum atomic E-state index is 5.76. The Hall–Kier alpha value is -1.94. The minimum absolute atomic E-state index is 0.764. The first-order valence-corrected chi connectivity index (χ1v) is 7.32. The quantitative estimate of drug-likeness (QED) is 0.712. The van der Waals surface area contributed by atoms with Crippen LogP contribution in [0.5, 0.6) is 0 Å². The van der Waals surface area contributed by atoms with Gasteiger partial charge in [0.25, 0.3) is 0 Å². The normalized spacial score (nSPS) is 10.9. The molecule has 0 fully saturated rings. The minimum Gasteiger partial charge on any atom is -0.399 e. The van der Waals surface area contributed by atoms with Crippen molar-refractivity contribution in [3.63, 3.8) is 0 Å². The van der Waals surface area contributed by atoms with Gasteiger partial charge < -0.3 is 10.7 Å². The Morgan fingerprint density at radius 3 is 2.74 bits per heavy atom. The van der Waals surface area contributed by atoms with Crippen LogP contribution in [-0.2, 0) is 11.5 Å². The Morgan fingerprint density at radius 1 is 1.05 bits per heavy atom. The molecule has 0 bridgehead atoms. The molecule has 2 aromatic carbocycles. The number of fused-ring (bicyclic) bond motifs is 1. The number of thioether (sulfide) groups is 1. The smallest absolute Gasteiger partial charge is 0.117 e. The summed E-state index contributed by atoms with van der Waals surface area (Å²) in [6.45, 7) is 0. The van der Waals surface area contributed by atoms with Crippen LogP contribution in [0, 0.1) is 0 Å². The van der Waals surface area contributed by atoms with E-state index in [9.17, 15) is 0 Å². The Bertz CT molecular complexity index is 676. The zero-order valence-corrected chi connectivity index (χ0v) is 11.3. The van der Waals surface area contributed by atoms with Gasteiger partial charge in [-0.05, 0) is 23.8 Å². The van der Waals surface area contributed by atoms with Gasteiger partial charge in [0.2, 0.25) is 0 Å². The molecule has 0 saturated carbocycles. The second-order valence-electron chi connectivity index (χ2n) is 4.44. The van der Waals surface area contributed by atoms with Gasteiger partial charge in [0.05, 0.1) is 16.8 Å². The highest BCUT2D eigenvalue weighted by atomic mass is 32.2. The van der Waals surface area contributed by atoms with Crippen LogP contribution in [0.15, 0.2) is 48.5 Å². The van der Waals surface area contributed by atoms with Crippen LogP contribution in [0.3, 0.4) is 0 Å². The third kappa shape index (κ3) is 2.90. The summed E-state index contributed by atoms with van der Waals surface area (Å²) < 4.78 is 0. The number of aromatic nitrogens is 2. The van der Waals surface area contributed by atoms with Gasteiger partial charge in [-0.3, -0.25) is 0 Å². The molecule has 0 radical (unpaired) electrons. The number of nitrogen functional groups attached to an aromatic ring is 1. The first kappa shape index (κ1) is 12.1. The summed E-state index contributed by atoms with van der Waals surface area (Å²) in [6.07, 6.45) is 0. The third-order valence-electron chi connectivity index (χ3n) is 2.91. The SMILES string of the molecule is Nc1ccc2nc(CSCc3ccccc3)[nH]c2c1. The fraction of sp³-hybridized carbons (Fsp3) is 0.133. The number of benzene rings is 2. The van der Waals surface area contributed by atoms with Crippen LogP contribution >= 0.6 is 11.8 Å². The van der Waals surface area contributed by atoms with Gasteiger partial charge >= 0.3 is 0 Å². The Labute approximate surface area is 116 Å². The number of H-pyrrole nitrogens is 1. The minimum atomic E-state index is 0.764. The van der Waals surface area contributed by atoms with E-state index in [2.05, 4.69) is 34.2 Å². The second kappa shape index (κ2) is 5.36. The molecular formula is C15H15N3S. The number of anilines is 1. The van der Waals surface area contributed by atoms with Crippen molar-refractivity contribution in [2.24, 2.45) is 0 Å². The number of aromatic amines is 1. The van der Waals surface area contributed by atoms with Gasteiger partial charge in [0, 0.05) is 11.4 Å². The maximum Gasteiger partial charge on any atom is 0.117 e. The van der Waals surface area contributed by atoms with E-state index in [0.29, 0.717) is 0 Å². The Kier molecular flexibility index (Phi) is 3.42. The van der Waals surface area contributed by atoms with Crippen LogP contribution in [0.4, 0.5) is 5.69 Å². The molecular weight excluding hydrogens is 254 g/mol. The molecule has 0 saturated heterocycles. The molecule has 3 rings (SSSR count). The molecule has 1 heterocycles. The molecule has 3 nitrogen and oxygen atoms in total. The van der Waals surface area contributed by atoms with Gasteiger partial charge in [0.15, 0.2) is 0 Å². The number of nitrogens with zero attached hydrogens (tertiary/aromatic N) is 1. The fourth-order valence-corrected chi connectivity index (χ4v) is 2.85. The van der Waals surface area contributed by atoms with Crippen LogP contribution in [0.1, 0.15) is 11.4 Å². The molecule has 0 aliphatic rings. The molecule has 3 aromatic rings. The van der Waals surface area contributed by atoms with Crippen LogP contribution in [0.2, 0.25) is 0 Å². The van der Waals surface area contributed by atoms with Gasteiger partial charge in [-0.25, -0.2) is 4.98 Å². The lowest BCUT2D eigenvalue weighted by molar-refractivity contribution is 1.14. The number of nitrogens with one attached hydrogen (secondary N) is 1. The topological polar surface area (TPSA) is 54.7 Å². The first-order chi connectivity index (χ1) is 9.31. The van der Waals surface area contributed by atoms with Crippen LogP contribution in [-0.4, -0.2) is 9.97 Å². The summed E-state index contributed by atoms with van der Waals surface area (Å²) >= 11 is 1.85. The molecule has 4 heteroatoms. The summed E-state index contributed by atoms with van der Waals surface area (Å²) in [4.78, 5) is 7.86. The van der Waals surface area contributed by atoms with Crippen LogP contribution < -0.4 is 5.73 Å². The summed E-state index contributed by atoms with van der Waals surface area (Å²) in [5.41, 5.74) is 9.85. The summed E-state index contributed by atoms with van der Waals surface area (Å²) in [6, 6.07) is 16.2. The molecule has 96 valence electrons. The summed E-state index contributed by atoms with van der Waals surface area (Å²) in [5.74, 6) is 2.88. The highest BCUT2D eigenvalue weighted by Gasteiger charge is 2.03. The third-order valence-corrected chi connectivity index (χ3v) is 3.92. The van der Waals surface area contributed by atoms with Gasteiger partial charge in [-0.15, -0.1) is 11.8 Å². The van der Waals surface area contributed by atoms with Crippen molar-refractivity contribution < 1.29 is 0 Å². The van der Waals surface area contributed by atoms with Crippen molar-refractivity contribution in [2.75, 3.05) is 5.73 Å². The lowest BCUT2D eigenvalue weighted by Gasteiger charge is -1.99. The van der Waals surface area contributed by atoms with Gasteiger partial charge in [-0.2, -0.15) is 0 Å². The molecule has 0 atom stereocenters. The molecule has 0 spiro atoms. The molecule has 0 unspecified atom stereocenters. The number of hydrogen-bond donors (Lipinski definition) is 2. The van der Waals surface area contributed by atoms with E-state index in [1.807, 2.05) is 36.0 Å². The van der Waals surface area contributed by atoms with Crippen molar-refractivity contribution in [1.29, 1.82) is 0 Å². The summed E-state index contributed by atoms with van der Waals surface area (Å²) in [5, 5.41) is 0. The maximum absolute atomic E-state index is 5.76. The first-order valence-electron chi connectivity index (χ1n) is 6.17. The largest absolute Gasteiger partial charge is 0.399 e. The lowest BCUT2D eigenvalue weighted by Crippen LogP contribution is -1.85. The zero-order valence-electron chi connectivity index (χ0n) is 10.5. The summed E-state index contributed by atoms with van der Waals surface area (Å²) in [7, 11) is 0. The van der Waals surface area contributed by atoms with Crippen molar-refractivity contribution in [3.05, 3.63) is 59.9 Å². The molecule has 19 heavy (non-hydrogen) atoms. The van der Waals surface area contributed by atoms with E-state index >= 15 is 0 Å². The van der Waals surface area contributed by atoms with Crippen LogP contribution in [0.25, 0.3) is 11.0 Å². The average molecular weight is 269 g/mol. The molecule has 0 aliphatic carbocycles. The van der Waals surface area contributed by atoms with Crippen molar-refractivity contribution in [2.45, 2.75) is 11.5 Å². The van der Waals surface area contributed by atoms with E-state index < -0.39 is 0 Å². The Morgan fingerprint density at radius 2 is 1.89 bits per heavy atom. The fourth-order valence-electron chi connectivity index (χ4n) is 1.99. The van der Waals surface area contributed by atoms with Crippen molar-refractivity contribution in [3.8, 4) is 0 Å². The second-order valence-corrected chi connectivity index (χ2v) is 5.42. The zero-order chi connectivity index (χ0) is 13.1. The molecule has 1 aromatic heterocycles. The van der Waals surface area contributed by atoms with E-state index in [0.717, 1.165) is 34.1 Å². The molecule has 3 N–H and O–H groups in total. The predicted molar refractivity (Wildman–Crippen MR) is 81.9 cm³/mol. The lowest BCUT2D eigenvalue weighted by atomic mass is 10.2. The van der Waals surface area contributed by atoms with Crippen molar-refractivity contribution in [1.82, 2.24) is 9.97 Å².